The van der Waals surface area contributed by atoms with E-state index in [1.54, 1.807) is 14.2 Å². The van der Waals surface area contributed by atoms with Crippen molar-refractivity contribution in [1.29, 1.82) is 0 Å². The molecule has 0 unspecified atom stereocenters. The lowest BCUT2D eigenvalue weighted by atomic mass is 9.86. The quantitative estimate of drug-likeness (QED) is 0.684. The normalized spacial score (nSPS) is 23.6. The van der Waals surface area contributed by atoms with Crippen LogP contribution in [0.25, 0.3) is 0 Å². The van der Waals surface area contributed by atoms with Crippen molar-refractivity contribution in [3.05, 3.63) is 0 Å². The Morgan fingerprint density at radius 3 is 2.00 bits per heavy atom. The van der Waals surface area contributed by atoms with E-state index < -0.39 is 8.80 Å². The fourth-order valence-electron chi connectivity index (χ4n) is 3.00. The Morgan fingerprint density at radius 2 is 1.53 bits per heavy atom. The summed E-state index contributed by atoms with van der Waals surface area (Å²) in [6, 6.07) is 0. The highest BCUT2D eigenvalue weighted by Crippen LogP contribution is 2.39. The molecule has 4 heteroatoms. The Labute approximate surface area is 106 Å². The molecule has 0 saturated heterocycles. The summed E-state index contributed by atoms with van der Waals surface area (Å²) in [5.41, 5.74) is 0.534. The molecule has 2 saturated carbocycles. The van der Waals surface area contributed by atoms with Gasteiger partial charge in [0, 0.05) is 26.4 Å². The summed E-state index contributed by atoms with van der Waals surface area (Å²) >= 11 is 0. The van der Waals surface area contributed by atoms with E-state index in [1.165, 1.54) is 51.4 Å². The van der Waals surface area contributed by atoms with Gasteiger partial charge in [-0.2, -0.15) is 0 Å². The van der Waals surface area contributed by atoms with Gasteiger partial charge in [-0.15, -0.1) is 0 Å². The van der Waals surface area contributed by atoms with E-state index in [0.29, 0.717) is 5.54 Å². The van der Waals surface area contributed by atoms with Gasteiger partial charge >= 0.3 is 8.80 Å². The number of hydrogen-bond donors (Lipinski definition) is 0. The van der Waals surface area contributed by atoms with Crippen LogP contribution in [0.3, 0.4) is 0 Å². The smallest absolute Gasteiger partial charge is 0.377 e. The van der Waals surface area contributed by atoms with Gasteiger partial charge in [0.15, 0.2) is 0 Å². The molecule has 100 valence electrons. The van der Waals surface area contributed by atoms with Crippen molar-refractivity contribution in [3.8, 4) is 0 Å². The molecule has 0 bridgehead atoms. The van der Waals surface area contributed by atoms with Crippen molar-refractivity contribution in [2.24, 2.45) is 5.92 Å². The molecule has 17 heavy (non-hydrogen) atoms. The summed E-state index contributed by atoms with van der Waals surface area (Å²) < 4.78 is 17.6. The number of rotatable bonds is 6. The van der Waals surface area contributed by atoms with Crippen LogP contribution in [0.1, 0.15) is 51.4 Å². The highest BCUT2D eigenvalue weighted by Gasteiger charge is 2.48. The van der Waals surface area contributed by atoms with E-state index in [0.717, 1.165) is 12.5 Å². The fraction of sp³-hybridized carbons (Fsp3) is 1.00. The molecule has 0 spiro atoms. The Kier molecular flexibility index (Phi) is 5.03. The highest BCUT2D eigenvalue weighted by atomic mass is 28.4. The lowest BCUT2D eigenvalue weighted by molar-refractivity contribution is 0.0528. The van der Waals surface area contributed by atoms with Gasteiger partial charge in [0.05, 0.1) is 0 Å². The molecule has 0 N–H and O–H groups in total. The summed E-state index contributed by atoms with van der Waals surface area (Å²) in [4.78, 5) is 0. The lowest BCUT2D eigenvalue weighted by Gasteiger charge is -2.37. The summed E-state index contributed by atoms with van der Waals surface area (Å²) in [5, 5.41) is 0. The van der Waals surface area contributed by atoms with Gasteiger partial charge in [0.1, 0.15) is 0 Å². The van der Waals surface area contributed by atoms with E-state index in [4.69, 9.17) is 13.3 Å². The van der Waals surface area contributed by atoms with Crippen molar-refractivity contribution in [2.45, 2.75) is 56.9 Å². The molecular formula is C13H26O3Si. The Bertz CT molecular complexity index is 221. The third-order valence-corrected chi connectivity index (χ3v) is 7.70. The first-order valence-corrected chi connectivity index (χ1v) is 8.85. The fourth-order valence-corrected chi connectivity index (χ4v) is 5.89. The molecule has 2 aliphatic rings. The average molecular weight is 258 g/mol. The van der Waals surface area contributed by atoms with Gasteiger partial charge in [0.2, 0.25) is 0 Å². The molecule has 0 aliphatic heterocycles. The maximum Gasteiger partial charge on any atom is 0.503 e. The van der Waals surface area contributed by atoms with Crippen molar-refractivity contribution in [3.63, 3.8) is 0 Å². The Morgan fingerprint density at radius 1 is 0.882 bits per heavy atom. The molecule has 2 fully saturated rings. The van der Waals surface area contributed by atoms with Crippen LogP contribution in [0.5, 0.6) is 0 Å². The van der Waals surface area contributed by atoms with Gasteiger partial charge in [-0.1, -0.05) is 25.7 Å². The minimum Gasteiger partial charge on any atom is -0.377 e. The highest BCUT2D eigenvalue weighted by molar-refractivity contribution is 6.62. The van der Waals surface area contributed by atoms with E-state index in [1.807, 2.05) is 0 Å². The number of hydrogen-bond acceptors (Lipinski definition) is 3. The van der Waals surface area contributed by atoms with Gasteiger partial charge in [0.25, 0.3) is 0 Å². The minimum atomic E-state index is -2.39. The van der Waals surface area contributed by atoms with Crippen LogP contribution in [0.15, 0.2) is 0 Å². The Hall–Kier alpha value is 0.0969. The zero-order valence-electron chi connectivity index (χ0n) is 11.2. The average Bonchev–Trinajstić information content (AvgIpc) is 2.34. The van der Waals surface area contributed by atoms with Crippen molar-refractivity contribution < 1.29 is 13.3 Å². The molecule has 2 rings (SSSR count). The van der Waals surface area contributed by atoms with E-state index in [2.05, 4.69) is 0 Å². The summed E-state index contributed by atoms with van der Waals surface area (Å²) in [6.07, 6.45) is 10.4. The second-order valence-electron chi connectivity index (χ2n) is 5.45. The molecule has 0 aromatic heterocycles. The summed E-state index contributed by atoms with van der Waals surface area (Å²) in [6.45, 7) is 0.852. The predicted octanol–water partition coefficient (Wildman–Crippen LogP) is 3.37. The molecule has 0 atom stereocenters. The zero-order valence-corrected chi connectivity index (χ0v) is 12.2. The van der Waals surface area contributed by atoms with Crippen molar-refractivity contribution in [2.75, 3.05) is 20.8 Å². The van der Waals surface area contributed by atoms with Gasteiger partial charge < -0.3 is 13.3 Å². The van der Waals surface area contributed by atoms with Crippen LogP contribution in [0.4, 0.5) is 0 Å². The lowest BCUT2D eigenvalue weighted by Crippen LogP contribution is -2.50. The van der Waals surface area contributed by atoms with Crippen LogP contribution in [0.2, 0.25) is 5.54 Å². The molecule has 0 aromatic rings. The molecule has 0 heterocycles. The SMILES string of the molecule is CO[Si](OC)(OCC1CCC1)C1CCCCC1. The molecule has 0 amide bonds. The zero-order chi connectivity index (χ0) is 12.1. The largest absolute Gasteiger partial charge is 0.503 e. The second kappa shape index (κ2) is 6.32. The molecule has 3 nitrogen and oxygen atoms in total. The summed E-state index contributed by atoms with van der Waals surface area (Å²) in [5.74, 6) is 0.760. The third-order valence-electron chi connectivity index (χ3n) is 4.42. The first-order chi connectivity index (χ1) is 8.30. The maximum atomic E-state index is 6.17. The van der Waals surface area contributed by atoms with E-state index >= 15 is 0 Å². The van der Waals surface area contributed by atoms with E-state index in [9.17, 15) is 0 Å². The maximum absolute atomic E-state index is 6.17. The van der Waals surface area contributed by atoms with Crippen molar-refractivity contribution in [1.82, 2.24) is 0 Å². The monoisotopic (exact) mass is 258 g/mol. The Balaban J connectivity index is 1.90. The van der Waals surface area contributed by atoms with Crippen molar-refractivity contribution >= 4 is 8.80 Å². The van der Waals surface area contributed by atoms with E-state index in [-0.39, 0.29) is 0 Å². The first-order valence-electron chi connectivity index (χ1n) is 7.05. The van der Waals surface area contributed by atoms with Crippen LogP contribution < -0.4 is 0 Å². The first kappa shape index (κ1) is 13.5. The molecule has 0 aromatic carbocycles. The molecule has 0 radical (unpaired) electrons. The molecular weight excluding hydrogens is 232 g/mol. The second-order valence-corrected chi connectivity index (χ2v) is 8.58. The van der Waals surface area contributed by atoms with Gasteiger partial charge in [-0.3, -0.25) is 0 Å². The topological polar surface area (TPSA) is 27.7 Å². The van der Waals surface area contributed by atoms with Crippen LogP contribution in [-0.4, -0.2) is 29.6 Å². The van der Waals surface area contributed by atoms with Crippen LogP contribution in [-0.2, 0) is 13.3 Å². The summed E-state index contributed by atoms with van der Waals surface area (Å²) in [7, 11) is 1.15. The van der Waals surface area contributed by atoms with Gasteiger partial charge in [-0.05, 0) is 31.6 Å². The van der Waals surface area contributed by atoms with Crippen LogP contribution in [0, 0.1) is 5.92 Å². The predicted molar refractivity (Wildman–Crippen MR) is 69.9 cm³/mol. The third kappa shape index (κ3) is 3.11. The molecule has 2 aliphatic carbocycles. The minimum absolute atomic E-state index is 0.534. The standard InChI is InChI=1S/C13H26O3Si/c1-14-17(15-2,13-9-4-3-5-10-13)16-11-12-7-6-8-12/h12-13H,3-11H2,1-2H3. The van der Waals surface area contributed by atoms with Gasteiger partial charge in [-0.25, -0.2) is 0 Å². The van der Waals surface area contributed by atoms with Crippen LogP contribution >= 0.6 is 0 Å².